The lowest BCUT2D eigenvalue weighted by Crippen LogP contribution is -2.25. The largest absolute Gasteiger partial charge is 0.318 e. The third-order valence-corrected chi connectivity index (χ3v) is 7.92. The van der Waals surface area contributed by atoms with Crippen LogP contribution in [-0.2, 0) is 14.1 Å². The summed E-state index contributed by atoms with van der Waals surface area (Å²) < 4.78 is 5.96. The predicted octanol–water partition coefficient (Wildman–Crippen LogP) is 5.65. The summed E-state index contributed by atoms with van der Waals surface area (Å²) in [6.07, 6.45) is 6.47. The van der Waals surface area contributed by atoms with Gasteiger partial charge in [-0.05, 0) is 87.4 Å². The first-order chi connectivity index (χ1) is 21.9. The highest BCUT2D eigenvalue weighted by atomic mass is 16.2. The van der Waals surface area contributed by atoms with Crippen LogP contribution in [0.2, 0.25) is 0 Å². The minimum atomic E-state index is -0.440. The number of nitrogens with zero attached hydrogens (tertiary/aromatic N) is 6. The number of aryl methyl sites for hydroxylation is 2. The standard InChI is InChI=1S/C18H17N3O2.C17H15N3O3.2CH4/c1-11(14-7-6-10-20(4)18(14)23)17-12(2)16(13(3)22)15-8-5-9-19-21(15)17;1-10-14(11(2)21)13-7-4-8-18-20(13)15(10)16(22)12-6-5-9-19(3)17(12)23;;/h5-10H,1H2,2-4H3;4-9H,1-3H3;2*1H4. The maximum absolute atomic E-state index is 12.9. The van der Waals surface area contributed by atoms with Crippen LogP contribution in [0.15, 0.2) is 89.5 Å². The fourth-order valence-electron chi connectivity index (χ4n) is 5.78. The second kappa shape index (κ2) is 14.2. The van der Waals surface area contributed by atoms with E-state index in [1.165, 1.54) is 39.8 Å². The van der Waals surface area contributed by atoms with E-state index in [0.29, 0.717) is 39.0 Å². The van der Waals surface area contributed by atoms with E-state index in [-0.39, 0.29) is 48.8 Å². The van der Waals surface area contributed by atoms with Crippen LogP contribution in [0.5, 0.6) is 0 Å². The summed E-state index contributed by atoms with van der Waals surface area (Å²) in [4.78, 5) is 61.5. The highest BCUT2D eigenvalue weighted by Gasteiger charge is 2.26. The zero-order valence-electron chi connectivity index (χ0n) is 26.4. The van der Waals surface area contributed by atoms with Crippen LogP contribution in [0, 0.1) is 13.8 Å². The van der Waals surface area contributed by atoms with Crippen LogP contribution in [0.4, 0.5) is 0 Å². The topological polar surface area (TPSA) is 130 Å². The maximum Gasteiger partial charge on any atom is 0.261 e. The van der Waals surface area contributed by atoms with Gasteiger partial charge < -0.3 is 9.13 Å². The number of hydrogen-bond donors (Lipinski definition) is 0. The lowest BCUT2D eigenvalue weighted by molar-refractivity contribution is 0.100. The van der Waals surface area contributed by atoms with Crippen molar-refractivity contribution in [2.75, 3.05) is 0 Å². The molecule has 0 bridgehead atoms. The van der Waals surface area contributed by atoms with Gasteiger partial charge >= 0.3 is 0 Å². The molecular formula is C37H40N6O5. The normalized spacial score (nSPS) is 10.5. The third-order valence-electron chi connectivity index (χ3n) is 7.92. The number of aromatic nitrogens is 6. The Labute approximate surface area is 278 Å². The molecule has 6 rings (SSSR count). The highest BCUT2D eigenvalue weighted by molar-refractivity contribution is 6.13. The average molecular weight is 649 g/mol. The molecular weight excluding hydrogens is 608 g/mol. The molecule has 248 valence electrons. The number of pyridine rings is 2. The second-order valence-electron chi connectivity index (χ2n) is 10.9. The van der Waals surface area contributed by atoms with Gasteiger partial charge in [0, 0.05) is 61.1 Å². The van der Waals surface area contributed by atoms with E-state index in [1.54, 1.807) is 80.5 Å². The van der Waals surface area contributed by atoms with Crippen molar-refractivity contribution in [3.63, 3.8) is 0 Å². The Morgan fingerprint density at radius 3 is 1.54 bits per heavy atom. The van der Waals surface area contributed by atoms with E-state index in [1.807, 2.05) is 13.0 Å². The van der Waals surface area contributed by atoms with Gasteiger partial charge in [0.1, 0.15) is 5.69 Å². The SMILES string of the molecule is C.C.C=C(c1cccn(C)c1=O)c1c(C)c(C(C)=O)c2cccnn12.CC(=O)c1c(C)c(C(=O)c2cccn(C)c2=O)n2ncccc12. The first kappa shape index (κ1) is 36.5. The lowest BCUT2D eigenvalue weighted by atomic mass is 10.0. The van der Waals surface area contributed by atoms with E-state index in [0.717, 1.165) is 11.1 Å². The van der Waals surface area contributed by atoms with E-state index in [4.69, 9.17) is 0 Å². The summed E-state index contributed by atoms with van der Waals surface area (Å²) in [7, 11) is 3.28. The first-order valence-electron chi connectivity index (χ1n) is 14.4. The van der Waals surface area contributed by atoms with Gasteiger partial charge in [0.25, 0.3) is 11.1 Å². The molecule has 6 heterocycles. The Kier molecular flexibility index (Phi) is 10.8. The zero-order valence-corrected chi connectivity index (χ0v) is 26.4. The Balaban J connectivity index is 0.000000250. The van der Waals surface area contributed by atoms with Crippen molar-refractivity contribution in [3.8, 4) is 0 Å². The summed E-state index contributed by atoms with van der Waals surface area (Å²) in [6, 6.07) is 13.7. The number of ketones is 3. The molecule has 0 N–H and O–H groups in total. The summed E-state index contributed by atoms with van der Waals surface area (Å²) in [5.74, 6) is -0.620. The number of carbonyl (C=O) groups excluding carboxylic acids is 3. The van der Waals surface area contributed by atoms with Crippen LogP contribution in [0.1, 0.15) is 87.9 Å². The smallest absolute Gasteiger partial charge is 0.261 e. The van der Waals surface area contributed by atoms with Crippen LogP contribution in [-0.4, -0.2) is 45.7 Å². The van der Waals surface area contributed by atoms with Gasteiger partial charge in [-0.3, -0.25) is 24.0 Å². The van der Waals surface area contributed by atoms with E-state index in [2.05, 4.69) is 16.8 Å². The van der Waals surface area contributed by atoms with Crippen molar-refractivity contribution in [3.05, 3.63) is 145 Å². The van der Waals surface area contributed by atoms with Gasteiger partial charge in [-0.2, -0.15) is 10.2 Å². The van der Waals surface area contributed by atoms with Crippen molar-refractivity contribution in [1.82, 2.24) is 28.4 Å². The summed E-state index contributed by atoms with van der Waals surface area (Å²) in [5, 5.41) is 8.52. The van der Waals surface area contributed by atoms with Crippen molar-refractivity contribution >= 4 is 34.0 Å². The fraction of sp³-hybridized carbons (Fsp3) is 0.216. The summed E-state index contributed by atoms with van der Waals surface area (Å²) in [5.41, 5.74) is 5.20. The van der Waals surface area contributed by atoms with Crippen LogP contribution in [0.3, 0.4) is 0 Å². The molecule has 0 aromatic carbocycles. The second-order valence-corrected chi connectivity index (χ2v) is 10.9. The predicted molar refractivity (Wildman–Crippen MR) is 188 cm³/mol. The van der Waals surface area contributed by atoms with Crippen molar-refractivity contribution in [2.45, 2.75) is 42.5 Å². The highest BCUT2D eigenvalue weighted by Crippen LogP contribution is 2.30. The van der Waals surface area contributed by atoms with Crippen molar-refractivity contribution in [1.29, 1.82) is 0 Å². The Bertz CT molecular complexity index is 2190. The van der Waals surface area contributed by atoms with Gasteiger partial charge in [0.05, 0.1) is 22.3 Å². The minimum absolute atomic E-state index is 0. The zero-order chi connectivity index (χ0) is 33.4. The average Bonchev–Trinajstić information content (AvgIpc) is 3.49. The first-order valence-corrected chi connectivity index (χ1v) is 14.4. The molecule has 0 radical (unpaired) electrons. The molecule has 0 unspecified atom stereocenters. The summed E-state index contributed by atoms with van der Waals surface area (Å²) >= 11 is 0. The molecule has 11 nitrogen and oxygen atoms in total. The molecule has 0 aliphatic carbocycles. The van der Waals surface area contributed by atoms with Gasteiger partial charge in [-0.25, -0.2) is 9.03 Å². The number of fused-ring (bicyclic) bond motifs is 2. The number of carbonyl (C=O) groups is 3. The molecule has 48 heavy (non-hydrogen) atoms. The molecule has 0 spiro atoms. The maximum atomic E-state index is 12.9. The molecule has 0 fully saturated rings. The third kappa shape index (κ3) is 6.09. The number of hydrogen-bond acceptors (Lipinski definition) is 7. The van der Waals surface area contributed by atoms with Crippen molar-refractivity contribution < 1.29 is 14.4 Å². The molecule has 11 heteroatoms. The molecule has 6 aromatic rings. The molecule has 0 aliphatic rings. The van der Waals surface area contributed by atoms with Crippen molar-refractivity contribution in [2.24, 2.45) is 14.1 Å². The lowest BCUT2D eigenvalue weighted by Gasteiger charge is -2.08. The molecule has 0 saturated heterocycles. The molecule has 0 aliphatic heterocycles. The number of rotatable bonds is 6. The molecule has 0 atom stereocenters. The monoisotopic (exact) mass is 648 g/mol. The van der Waals surface area contributed by atoms with Gasteiger partial charge in [0.15, 0.2) is 11.6 Å². The number of Topliss-reactive ketones (excluding diaryl/α,β-unsaturated/α-hetero) is 2. The van der Waals surface area contributed by atoms with E-state index < -0.39 is 5.78 Å². The van der Waals surface area contributed by atoms with Gasteiger partial charge in [-0.1, -0.05) is 21.4 Å². The van der Waals surface area contributed by atoms with Crippen LogP contribution in [0.25, 0.3) is 16.6 Å². The molecule has 6 aromatic heterocycles. The minimum Gasteiger partial charge on any atom is -0.318 e. The fourth-order valence-corrected chi connectivity index (χ4v) is 5.78. The van der Waals surface area contributed by atoms with E-state index >= 15 is 0 Å². The van der Waals surface area contributed by atoms with Crippen LogP contribution >= 0.6 is 0 Å². The quantitative estimate of drug-likeness (QED) is 0.213. The van der Waals surface area contributed by atoms with E-state index in [9.17, 15) is 24.0 Å². The van der Waals surface area contributed by atoms with Gasteiger partial charge in [-0.15, -0.1) is 0 Å². The molecule has 0 amide bonds. The Hall–Kier alpha value is -5.97. The Morgan fingerprint density at radius 2 is 1.06 bits per heavy atom. The van der Waals surface area contributed by atoms with Crippen LogP contribution < -0.4 is 11.1 Å². The Morgan fingerprint density at radius 1 is 0.646 bits per heavy atom. The van der Waals surface area contributed by atoms with Gasteiger partial charge in [0.2, 0.25) is 5.78 Å². The molecule has 0 saturated carbocycles. The summed E-state index contributed by atoms with van der Waals surface area (Å²) in [6.45, 7) is 10.6.